The summed E-state index contributed by atoms with van der Waals surface area (Å²) in [7, 11) is 0. The van der Waals surface area contributed by atoms with E-state index in [1.54, 1.807) is 6.92 Å². The Labute approximate surface area is 226 Å². The zero-order chi connectivity index (χ0) is 25.5. The summed E-state index contributed by atoms with van der Waals surface area (Å²) >= 11 is 0.426. The average Bonchev–Trinajstić information content (AvgIpc) is 3.26. The van der Waals surface area contributed by atoms with Gasteiger partial charge in [0.2, 0.25) is 0 Å². The van der Waals surface area contributed by atoms with E-state index < -0.39 is 0 Å². The minimum absolute atomic E-state index is 0.0659. The van der Waals surface area contributed by atoms with Crippen molar-refractivity contribution in [2.45, 2.75) is 38.9 Å². The van der Waals surface area contributed by atoms with Gasteiger partial charge in [-0.15, -0.1) is 0 Å². The molecule has 1 aromatic heterocycles. The predicted octanol–water partition coefficient (Wildman–Crippen LogP) is 4.99. The van der Waals surface area contributed by atoms with Crippen LogP contribution in [0.1, 0.15) is 38.6 Å². The standard InChI is InChI=1S/C30H31NO3Se2/c1-5-33-28(32)19-34-26-16-15-25(17-21(26)3)35-27(18-23-9-7-6-8-10-23)29-22(4)31-30(36-29)24-13-11-20(2)12-14-24/h6-17,27H,5,18-19H2,1-4H3. The van der Waals surface area contributed by atoms with Crippen LogP contribution in [0, 0.1) is 20.8 Å². The monoisotopic (exact) mass is 613 g/mol. The number of esters is 1. The number of ether oxygens (including phenoxy) is 2. The topological polar surface area (TPSA) is 48.4 Å². The number of aromatic nitrogens is 1. The van der Waals surface area contributed by atoms with E-state index in [2.05, 4.69) is 80.6 Å². The molecule has 36 heavy (non-hydrogen) atoms. The van der Waals surface area contributed by atoms with Crippen molar-refractivity contribution in [2.24, 2.45) is 0 Å². The molecule has 0 amide bonds. The molecule has 0 aliphatic rings. The van der Waals surface area contributed by atoms with Crippen molar-refractivity contribution in [2.75, 3.05) is 13.2 Å². The van der Waals surface area contributed by atoms with Crippen LogP contribution in [0.5, 0.6) is 5.75 Å². The van der Waals surface area contributed by atoms with Gasteiger partial charge in [0, 0.05) is 0 Å². The predicted molar refractivity (Wildman–Crippen MR) is 148 cm³/mol. The SMILES string of the molecule is CCOC(=O)COc1ccc([Se]C(Cc2ccccc2)c2[se]c(-c3ccc(C)cc3)nc2C)cc1C. The molecule has 0 bridgehead atoms. The summed E-state index contributed by atoms with van der Waals surface area (Å²) in [6.45, 7) is 8.41. The molecule has 0 aliphatic carbocycles. The third kappa shape index (κ3) is 6.99. The van der Waals surface area contributed by atoms with E-state index in [1.165, 1.54) is 35.9 Å². The molecule has 4 rings (SSSR count). The zero-order valence-corrected chi connectivity index (χ0v) is 24.5. The van der Waals surface area contributed by atoms with E-state index in [4.69, 9.17) is 14.5 Å². The molecule has 6 heteroatoms. The van der Waals surface area contributed by atoms with E-state index in [0.29, 0.717) is 11.4 Å². The molecule has 0 spiro atoms. The molecular weight excluding hydrogens is 580 g/mol. The maximum atomic E-state index is 11.7. The number of hydrogen-bond acceptors (Lipinski definition) is 4. The molecule has 1 heterocycles. The van der Waals surface area contributed by atoms with Crippen molar-refractivity contribution in [3.05, 3.63) is 99.6 Å². The summed E-state index contributed by atoms with van der Waals surface area (Å²) < 4.78 is 14.7. The molecule has 0 radical (unpaired) electrons. The van der Waals surface area contributed by atoms with E-state index in [-0.39, 0.29) is 42.0 Å². The number of nitrogens with zero attached hydrogens (tertiary/aromatic N) is 1. The number of carbonyl (C=O) groups is 1. The summed E-state index contributed by atoms with van der Waals surface area (Å²) in [5.41, 5.74) is 6.08. The van der Waals surface area contributed by atoms with Crippen molar-refractivity contribution in [3.63, 3.8) is 0 Å². The van der Waals surface area contributed by atoms with Crippen molar-refractivity contribution >= 4 is 39.9 Å². The second kappa shape index (κ2) is 12.6. The first-order valence-electron chi connectivity index (χ1n) is 12.1. The van der Waals surface area contributed by atoms with Crippen LogP contribution < -0.4 is 9.20 Å². The zero-order valence-electron chi connectivity index (χ0n) is 21.1. The summed E-state index contributed by atoms with van der Waals surface area (Å²) in [5.74, 6) is 0.385. The molecule has 4 nitrogen and oxygen atoms in total. The quantitative estimate of drug-likeness (QED) is 0.188. The molecule has 0 fully saturated rings. The summed E-state index contributed by atoms with van der Waals surface area (Å²) in [6, 6.07) is 25.8. The van der Waals surface area contributed by atoms with Crippen LogP contribution in [0.15, 0.2) is 72.8 Å². The van der Waals surface area contributed by atoms with Crippen molar-refractivity contribution < 1.29 is 14.3 Å². The second-order valence-corrected chi connectivity index (χ2v) is 13.5. The van der Waals surface area contributed by atoms with Crippen molar-refractivity contribution in [1.29, 1.82) is 0 Å². The Balaban J connectivity index is 1.59. The van der Waals surface area contributed by atoms with Crippen LogP contribution in [0.2, 0.25) is 0 Å². The molecule has 1 unspecified atom stereocenters. The Morgan fingerprint density at radius 2 is 1.75 bits per heavy atom. The summed E-state index contributed by atoms with van der Waals surface area (Å²) in [6.07, 6.45) is 1.01. The first kappa shape index (κ1) is 26.4. The van der Waals surface area contributed by atoms with Crippen LogP contribution in [-0.2, 0) is 16.0 Å². The number of hydrogen-bond donors (Lipinski definition) is 0. The Kier molecular flexibility index (Phi) is 9.23. The Morgan fingerprint density at radius 3 is 2.44 bits per heavy atom. The van der Waals surface area contributed by atoms with Crippen molar-refractivity contribution in [1.82, 2.24) is 4.98 Å². The number of carbonyl (C=O) groups excluding carboxylic acids is 1. The molecule has 0 saturated carbocycles. The number of benzene rings is 3. The van der Waals surface area contributed by atoms with Crippen LogP contribution in [-0.4, -0.2) is 53.6 Å². The fraction of sp³-hybridized carbons (Fsp3) is 0.267. The number of aryl methyl sites for hydroxylation is 3. The molecule has 0 N–H and O–H groups in total. The molecule has 4 aromatic rings. The van der Waals surface area contributed by atoms with Crippen LogP contribution in [0.4, 0.5) is 0 Å². The number of rotatable bonds is 10. The molecule has 0 aliphatic heterocycles. The van der Waals surface area contributed by atoms with Gasteiger partial charge in [0.05, 0.1) is 0 Å². The maximum absolute atomic E-state index is 11.7. The van der Waals surface area contributed by atoms with Gasteiger partial charge in [-0.05, 0) is 0 Å². The van der Waals surface area contributed by atoms with Gasteiger partial charge in [-0.1, -0.05) is 0 Å². The molecule has 1 atom stereocenters. The van der Waals surface area contributed by atoms with E-state index >= 15 is 0 Å². The van der Waals surface area contributed by atoms with Gasteiger partial charge in [0.15, 0.2) is 0 Å². The fourth-order valence-corrected chi connectivity index (χ4v) is 9.83. The normalized spacial score (nSPS) is 11.8. The Morgan fingerprint density at radius 1 is 1.00 bits per heavy atom. The van der Waals surface area contributed by atoms with E-state index in [0.717, 1.165) is 17.7 Å². The molecule has 3 aromatic carbocycles. The van der Waals surface area contributed by atoms with Crippen LogP contribution in [0.25, 0.3) is 10.1 Å². The third-order valence-corrected chi connectivity index (χ3v) is 11.8. The summed E-state index contributed by atoms with van der Waals surface area (Å²) in [4.78, 5) is 17.1. The van der Waals surface area contributed by atoms with Gasteiger partial charge >= 0.3 is 227 Å². The molecule has 0 saturated heterocycles. The van der Waals surface area contributed by atoms with Gasteiger partial charge in [-0.3, -0.25) is 0 Å². The third-order valence-electron chi connectivity index (χ3n) is 5.76. The van der Waals surface area contributed by atoms with Gasteiger partial charge in [0.25, 0.3) is 0 Å². The molecule has 186 valence electrons. The van der Waals surface area contributed by atoms with Crippen LogP contribution >= 0.6 is 0 Å². The Bertz CT molecular complexity index is 1300. The van der Waals surface area contributed by atoms with Crippen LogP contribution in [0.3, 0.4) is 0 Å². The molecular formula is C30H31NO3Se2. The summed E-state index contributed by atoms with van der Waals surface area (Å²) in [5, 5.41) is 0. The fourth-order valence-electron chi connectivity index (χ4n) is 3.90. The van der Waals surface area contributed by atoms with Gasteiger partial charge in [0.1, 0.15) is 0 Å². The van der Waals surface area contributed by atoms with Gasteiger partial charge in [-0.2, -0.15) is 0 Å². The Hall–Kier alpha value is -2.62. The minimum atomic E-state index is -0.344. The van der Waals surface area contributed by atoms with Crippen molar-refractivity contribution in [3.8, 4) is 15.9 Å². The van der Waals surface area contributed by atoms with Gasteiger partial charge in [-0.25, -0.2) is 0 Å². The van der Waals surface area contributed by atoms with E-state index in [9.17, 15) is 4.79 Å². The van der Waals surface area contributed by atoms with Gasteiger partial charge < -0.3 is 0 Å². The first-order valence-corrected chi connectivity index (χ1v) is 15.6. The van der Waals surface area contributed by atoms with E-state index in [1.807, 2.05) is 13.0 Å². The average molecular weight is 612 g/mol. The first-order chi connectivity index (χ1) is 17.4. The second-order valence-electron chi connectivity index (χ2n) is 8.65.